The average Bonchev–Trinajstić information content (AvgIpc) is 3.55. The van der Waals surface area contributed by atoms with Crippen molar-refractivity contribution in [3.05, 3.63) is 121 Å². The number of rotatable bonds is 3. The van der Waals surface area contributed by atoms with E-state index in [2.05, 4.69) is 48.5 Å². The third kappa shape index (κ3) is 3.17. The van der Waals surface area contributed by atoms with Crippen LogP contribution in [0.25, 0.3) is 77.8 Å². The highest BCUT2D eigenvalue weighted by molar-refractivity contribution is 6.12. The van der Waals surface area contributed by atoms with Crippen molar-refractivity contribution in [2.24, 2.45) is 0 Å². The Bertz CT molecular complexity index is 2120. The first-order chi connectivity index (χ1) is 18.8. The van der Waals surface area contributed by atoms with Crippen LogP contribution in [-0.4, -0.2) is 9.97 Å². The summed E-state index contributed by atoms with van der Waals surface area (Å²) in [5, 5.41) is 3.17. The Morgan fingerprint density at radius 2 is 1.13 bits per heavy atom. The zero-order valence-corrected chi connectivity index (χ0v) is 20.3. The van der Waals surface area contributed by atoms with Gasteiger partial charge in [-0.25, -0.2) is 9.97 Å². The van der Waals surface area contributed by atoms with Crippen LogP contribution in [0.1, 0.15) is 0 Å². The summed E-state index contributed by atoms with van der Waals surface area (Å²) in [5.41, 5.74) is 8.84. The Morgan fingerprint density at radius 3 is 1.97 bits per heavy atom. The predicted octanol–water partition coefficient (Wildman–Crippen LogP) is 9.28. The fourth-order valence-electron chi connectivity index (χ4n) is 5.29. The molecular weight excluding hydrogens is 468 g/mol. The summed E-state index contributed by atoms with van der Waals surface area (Å²) in [5.74, 6) is 0.671. The van der Waals surface area contributed by atoms with Crippen molar-refractivity contribution in [1.82, 2.24) is 9.97 Å². The van der Waals surface area contributed by atoms with Crippen LogP contribution < -0.4 is 0 Å². The number of nitrogens with zero attached hydrogens (tertiary/aromatic N) is 2. The normalized spacial score (nSPS) is 11.7. The van der Waals surface area contributed by atoms with E-state index in [1.165, 1.54) is 0 Å². The van der Waals surface area contributed by atoms with Crippen LogP contribution in [-0.2, 0) is 0 Å². The van der Waals surface area contributed by atoms with Crippen LogP contribution in [0.4, 0.5) is 0 Å². The molecule has 0 aliphatic rings. The summed E-state index contributed by atoms with van der Waals surface area (Å²) in [7, 11) is 0. The van der Waals surface area contributed by atoms with Crippen molar-refractivity contribution in [2.75, 3.05) is 0 Å². The van der Waals surface area contributed by atoms with Crippen molar-refractivity contribution < 1.29 is 8.83 Å². The number of aromatic nitrogens is 2. The van der Waals surface area contributed by atoms with E-state index >= 15 is 0 Å². The summed E-state index contributed by atoms with van der Waals surface area (Å²) in [4.78, 5) is 9.99. The molecule has 0 atom stereocenters. The Kier molecular flexibility index (Phi) is 4.49. The molecule has 0 spiro atoms. The molecule has 4 nitrogen and oxygen atoms in total. The second-order valence-electron chi connectivity index (χ2n) is 9.40. The van der Waals surface area contributed by atoms with Gasteiger partial charge in [0.25, 0.3) is 0 Å². The standard InChI is InChI=1S/C34H20N2O2/c1-3-10-21(11-4-1)30-33-31(36-34(35-30)22-12-5-2-6-13-22)27-20-23(18-19-29(27)38-33)24-15-9-16-26-25-14-7-8-17-28(25)37-32(24)26/h1-20H. The molecule has 0 aliphatic heterocycles. The summed E-state index contributed by atoms with van der Waals surface area (Å²) in [6, 6.07) is 40.9. The molecule has 8 rings (SSSR count). The largest absolute Gasteiger partial charge is 0.455 e. The minimum atomic E-state index is 0.671. The van der Waals surface area contributed by atoms with Gasteiger partial charge >= 0.3 is 0 Å². The summed E-state index contributed by atoms with van der Waals surface area (Å²) in [6.45, 7) is 0. The first-order valence-electron chi connectivity index (χ1n) is 12.6. The van der Waals surface area contributed by atoms with E-state index in [1.807, 2.05) is 72.8 Å². The highest BCUT2D eigenvalue weighted by atomic mass is 16.3. The van der Waals surface area contributed by atoms with Crippen LogP contribution in [0, 0.1) is 0 Å². The first-order valence-corrected chi connectivity index (χ1v) is 12.6. The highest BCUT2D eigenvalue weighted by Gasteiger charge is 2.19. The highest BCUT2D eigenvalue weighted by Crippen LogP contribution is 2.40. The lowest BCUT2D eigenvalue weighted by atomic mass is 10.0. The quantitative estimate of drug-likeness (QED) is 0.249. The van der Waals surface area contributed by atoms with Crippen molar-refractivity contribution in [3.63, 3.8) is 0 Å². The summed E-state index contributed by atoms with van der Waals surface area (Å²) < 4.78 is 12.7. The number of hydrogen-bond donors (Lipinski definition) is 0. The van der Waals surface area contributed by atoms with Crippen molar-refractivity contribution in [2.45, 2.75) is 0 Å². The van der Waals surface area contributed by atoms with Crippen LogP contribution in [0.15, 0.2) is 130 Å². The summed E-state index contributed by atoms with van der Waals surface area (Å²) in [6.07, 6.45) is 0. The van der Waals surface area contributed by atoms with Gasteiger partial charge < -0.3 is 8.83 Å². The van der Waals surface area contributed by atoms with Gasteiger partial charge in [0.1, 0.15) is 28.0 Å². The molecule has 0 unspecified atom stereocenters. The van der Waals surface area contributed by atoms with E-state index in [1.54, 1.807) is 0 Å². The van der Waals surface area contributed by atoms with Gasteiger partial charge in [-0.3, -0.25) is 0 Å². The molecule has 0 amide bonds. The maximum Gasteiger partial charge on any atom is 0.180 e. The van der Waals surface area contributed by atoms with E-state index in [0.717, 1.165) is 66.4 Å². The molecule has 0 fully saturated rings. The Hall–Kier alpha value is -5.22. The van der Waals surface area contributed by atoms with Gasteiger partial charge in [0.2, 0.25) is 0 Å². The second kappa shape index (κ2) is 8.15. The number of para-hydroxylation sites is 2. The van der Waals surface area contributed by atoms with Gasteiger partial charge in [0, 0.05) is 32.8 Å². The lowest BCUT2D eigenvalue weighted by Gasteiger charge is -2.06. The number of hydrogen-bond acceptors (Lipinski definition) is 4. The lowest BCUT2D eigenvalue weighted by Crippen LogP contribution is -1.93. The van der Waals surface area contributed by atoms with Gasteiger partial charge in [-0.2, -0.15) is 0 Å². The number of furan rings is 2. The SMILES string of the molecule is c1ccc(-c2nc(-c3ccccc3)c3oc4ccc(-c5cccc6c5oc5ccccc56)cc4c3n2)cc1. The number of fused-ring (bicyclic) bond motifs is 6. The van der Waals surface area contributed by atoms with Gasteiger partial charge in [0.15, 0.2) is 11.4 Å². The zero-order chi connectivity index (χ0) is 25.1. The molecule has 4 heteroatoms. The van der Waals surface area contributed by atoms with Crippen molar-refractivity contribution >= 4 is 44.0 Å². The summed E-state index contributed by atoms with van der Waals surface area (Å²) >= 11 is 0. The molecule has 0 N–H and O–H groups in total. The molecule has 8 aromatic rings. The number of benzene rings is 5. The Labute approximate surface area is 217 Å². The smallest absolute Gasteiger partial charge is 0.180 e. The molecule has 38 heavy (non-hydrogen) atoms. The maximum absolute atomic E-state index is 6.41. The first kappa shape index (κ1) is 20.9. The van der Waals surface area contributed by atoms with Crippen LogP contribution in [0.2, 0.25) is 0 Å². The van der Waals surface area contributed by atoms with E-state index < -0.39 is 0 Å². The predicted molar refractivity (Wildman–Crippen MR) is 153 cm³/mol. The van der Waals surface area contributed by atoms with Crippen LogP contribution in [0.5, 0.6) is 0 Å². The Balaban J connectivity index is 1.41. The fraction of sp³-hybridized carbons (Fsp3) is 0. The van der Waals surface area contributed by atoms with Gasteiger partial charge in [0.05, 0.1) is 0 Å². The van der Waals surface area contributed by atoms with Gasteiger partial charge in [-0.15, -0.1) is 0 Å². The molecule has 3 heterocycles. The molecule has 0 saturated heterocycles. The molecule has 0 saturated carbocycles. The lowest BCUT2D eigenvalue weighted by molar-refractivity contribution is 0.667. The van der Waals surface area contributed by atoms with Crippen LogP contribution >= 0.6 is 0 Å². The minimum absolute atomic E-state index is 0.671. The third-order valence-corrected chi connectivity index (χ3v) is 7.11. The van der Waals surface area contributed by atoms with E-state index in [4.69, 9.17) is 18.8 Å². The van der Waals surface area contributed by atoms with Gasteiger partial charge in [-0.05, 0) is 23.8 Å². The molecule has 3 aromatic heterocycles. The van der Waals surface area contributed by atoms with E-state index in [0.29, 0.717) is 11.4 Å². The second-order valence-corrected chi connectivity index (χ2v) is 9.40. The van der Waals surface area contributed by atoms with E-state index in [-0.39, 0.29) is 0 Å². The Morgan fingerprint density at radius 1 is 0.447 bits per heavy atom. The topological polar surface area (TPSA) is 52.1 Å². The van der Waals surface area contributed by atoms with Gasteiger partial charge in [-0.1, -0.05) is 103 Å². The molecule has 178 valence electrons. The molecule has 0 aliphatic carbocycles. The fourth-order valence-corrected chi connectivity index (χ4v) is 5.29. The maximum atomic E-state index is 6.41. The molecular formula is C34H20N2O2. The van der Waals surface area contributed by atoms with Crippen LogP contribution in [0.3, 0.4) is 0 Å². The van der Waals surface area contributed by atoms with E-state index in [9.17, 15) is 0 Å². The zero-order valence-electron chi connectivity index (χ0n) is 20.3. The molecule has 0 radical (unpaired) electrons. The average molecular weight is 489 g/mol. The van der Waals surface area contributed by atoms with Crippen molar-refractivity contribution in [1.29, 1.82) is 0 Å². The monoisotopic (exact) mass is 488 g/mol. The molecule has 5 aromatic carbocycles. The minimum Gasteiger partial charge on any atom is -0.455 e. The van der Waals surface area contributed by atoms with Crippen molar-refractivity contribution in [3.8, 4) is 33.8 Å². The molecule has 0 bridgehead atoms. The third-order valence-electron chi connectivity index (χ3n) is 7.11.